The van der Waals surface area contributed by atoms with Crippen molar-refractivity contribution in [2.45, 2.75) is 64.7 Å². The van der Waals surface area contributed by atoms with Crippen molar-refractivity contribution in [2.75, 3.05) is 0 Å². The zero-order chi connectivity index (χ0) is 12.3. The Labute approximate surface area is 106 Å². The Kier molecular flexibility index (Phi) is 3.91. The first-order valence-corrected chi connectivity index (χ1v) is 7.23. The lowest BCUT2D eigenvalue weighted by Crippen LogP contribution is -2.27. The zero-order valence-corrected chi connectivity index (χ0v) is 11.6. The highest BCUT2D eigenvalue weighted by Crippen LogP contribution is 2.41. The molecule has 0 atom stereocenters. The van der Waals surface area contributed by atoms with Crippen LogP contribution in [0.4, 0.5) is 0 Å². The summed E-state index contributed by atoms with van der Waals surface area (Å²) in [6, 6.07) is 9.42. The maximum atomic E-state index is 2.45. The number of rotatable bonds is 3. The molecule has 0 spiro atoms. The highest BCUT2D eigenvalue weighted by atomic mass is 14.4. The average molecular weight is 230 g/mol. The molecular weight excluding hydrogens is 204 g/mol. The molecule has 0 heteroatoms. The first-order chi connectivity index (χ1) is 8.14. The van der Waals surface area contributed by atoms with Gasteiger partial charge < -0.3 is 0 Å². The standard InChI is InChI=1S/C17H26/c1-4-5-15-6-8-16(9-7-15)17(3)12-10-14(2)11-13-17/h6-9,14H,4-5,10-13H2,1-3H3. The Morgan fingerprint density at radius 2 is 1.71 bits per heavy atom. The molecule has 1 aliphatic carbocycles. The van der Waals surface area contributed by atoms with E-state index in [9.17, 15) is 0 Å². The van der Waals surface area contributed by atoms with Crippen LogP contribution < -0.4 is 0 Å². The van der Waals surface area contributed by atoms with Crippen LogP contribution in [0.25, 0.3) is 0 Å². The van der Waals surface area contributed by atoms with Crippen LogP contribution >= 0.6 is 0 Å². The first kappa shape index (κ1) is 12.7. The third kappa shape index (κ3) is 2.91. The Morgan fingerprint density at radius 1 is 1.12 bits per heavy atom. The van der Waals surface area contributed by atoms with E-state index in [0.29, 0.717) is 5.41 Å². The third-order valence-corrected chi connectivity index (χ3v) is 4.57. The van der Waals surface area contributed by atoms with Gasteiger partial charge in [-0.05, 0) is 54.6 Å². The Morgan fingerprint density at radius 3 is 2.24 bits per heavy atom. The molecule has 2 rings (SSSR count). The van der Waals surface area contributed by atoms with Gasteiger partial charge in [0.15, 0.2) is 0 Å². The minimum atomic E-state index is 0.442. The van der Waals surface area contributed by atoms with E-state index in [1.807, 2.05) is 0 Å². The van der Waals surface area contributed by atoms with Crippen LogP contribution in [0.2, 0.25) is 0 Å². The summed E-state index contributed by atoms with van der Waals surface area (Å²) in [7, 11) is 0. The lowest BCUT2D eigenvalue weighted by molar-refractivity contribution is 0.261. The molecule has 0 aliphatic heterocycles. The predicted octanol–water partition coefficient (Wildman–Crippen LogP) is 5.11. The predicted molar refractivity (Wildman–Crippen MR) is 75.4 cm³/mol. The molecule has 0 N–H and O–H groups in total. The van der Waals surface area contributed by atoms with E-state index in [1.54, 1.807) is 5.56 Å². The summed E-state index contributed by atoms with van der Waals surface area (Å²) >= 11 is 0. The van der Waals surface area contributed by atoms with Gasteiger partial charge in [-0.3, -0.25) is 0 Å². The summed E-state index contributed by atoms with van der Waals surface area (Å²) in [5.74, 6) is 0.933. The Balaban J connectivity index is 2.10. The van der Waals surface area contributed by atoms with Gasteiger partial charge in [0.1, 0.15) is 0 Å². The fourth-order valence-corrected chi connectivity index (χ4v) is 3.05. The highest BCUT2D eigenvalue weighted by Gasteiger charge is 2.30. The maximum absolute atomic E-state index is 2.45. The molecule has 1 aliphatic rings. The summed E-state index contributed by atoms with van der Waals surface area (Å²) in [5.41, 5.74) is 3.49. The van der Waals surface area contributed by atoms with Crippen LogP contribution in [0.5, 0.6) is 0 Å². The number of hydrogen-bond donors (Lipinski definition) is 0. The van der Waals surface area contributed by atoms with Gasteiger partial charge in [0.2, 0.25) is 0 Å². The van der Waals surface area contributed by atoms with Crippen molar-refractivity contribution in [2.24, 2.45) is 5.92 Å². The van der Waals surface area contributed by atoms with Gasteiger partial charge in [0, 0.05) is 0 Å². The summed E-state index contributed by atoms with van der Waals surface area (Å²) in [5, 5.41) is 0. The van der Waals surface area contributed by atoms with E-state index in [4.69, 9.17) is 0 Å². The van der Waals surface area contributed by atoms with Crippen molar-refractivity contribution in [1.29, 1.82) is 0 Å². The second-order valence-corrected chi connectivity index (χ2v) is 6.19. The molecule has 1 fully saturated rings. The Hall–Kier alpha value is -0.780. The fourth-order valence-electron chi connectivity index (χ4n) is 3.05. The van der Waals surface area contributed by atoms with Gasteiger partial charge in [-0.25, -0.2) is 0 Å². The van der Waals surface area contributed by atoms with Crippen molar-refractivity contribution in [3.63, 3.8) is 0 Å². The van der Waals surface area contributed by atoms with Gasteiger partial charge in [0.05, 0.1) is 0 Å². The molecule has 0 bridgehead atoms. The van der Waals surface area contributed by atoms with E-state index >= 15 is 0 Å². The normalized spacial score (nSPS) is 29.2. The molecule has 0 aromatic heterocycles. The SMILES string of the molecule is CCCc1ccc(C2(C)CCC(C)CC2)cc1. The lowest BCUT2D eigenvalue weighted by atomic mass is 9.68. The van der Waals surface area contributed by atoms with Crippen LogP contribution in [0.15, 0.2) is 24.3 Å². The van der Waals surface area contributed by atoms with E-state index in [-0.39, 0.29) is 0 Å². The van der Waals surface area contributed by atoms with Crippen molar-refractivity contribution < 1.29 is 0 Å². The zero-order valence-electron chi connectivity index (χ0n) is 11.6. The minimum Gasteiger partial charge on any atom is -0.0651 e. The molecule has 0 saturated heterocycles. The fraction of sp³-hybridized carbons (Fsp3) is 0.647. The molecule has 1 aromatic carbocycles. The van der Waals surface area contributed by atoms with Crippen LogP contribution in [-0.4, -0.2) is 0 Å². The first-order valence-electron chi connectivity index (χ1n) is 7.23. The summed E-state index contributed by atoms with van der Waals surface area (Å²) in [6.07, 6.45) is 7.98. The second kappa shape index (κ2) is 5.25. The molecule has 1 aromatic rings. The number of hydrogen-bond acceptors (Lipinski definition) is 0. The second-order valence-electron chi connectivity index (χ2n) is 6.19. The molecule has 0 nitrogen and oxygen atoms in total. The van der Waals surface area contributed by atoms with Crippen LogP contribution in [0, 0.1) is 5.92 Å². The molecule has 1 saturated carbocycles. The summed E-state index contributed by atoms with van der Waals surface area (Å²) in [4.78, 5) is 0. The van der Waals surface area contributed by atoms with E-state index in [1.165, 1.54) is 44.1 Å². The molecule has 0 unspecified atom stereocenters. The van der Waals surface area contributed by atoms with Gasteiger partial charge in [-0.2, -0.15) is 0 Å². The quantitative estimate of drug-likeness (QED) is 0.677. The van der Waals surface area contributed by atoms with E-state index in [2.05, 4.69) is 45.0 Å². The molecule has 0 radical (unpaired) electrons. The maximum Gasteiger partial charge on any atom is -0.00750 e. The lowest BCUT2D eigenvalue weighted by Gasteiger charge is -2.37. The van der Waals surface area contributed by atoms with Gasteiger partial charge in [-0.1, -0.05) is 51.5 Å². The van der Waals surface area contributed by atoms with Gasteiger partial charge in [0.25, 0.3) is 0 Å². The molecule has 94 valence electrons. The van der Waals surface area contributed by atoms with Crippen molar-refractivity contribution in [1.82, 2.24) is 0 Å². The smallest absolute Gasteiger partial charge is 0.00750 e. The third-order valence-electron chi connectivity index (χ3n) is 4.57. The highest BCUT2D eigenvalue weighted by molar-refractivity contribution is 5.29. The topological polar surface area (TPSA) is 0 Å². The Bertz CT molecular complexity index is 339. The van der Waals surface area contributed by atoms with Crippen LogP contribution in [0.3, 0.4) is 0 Å². The monoisotopic (exact) mass is 230 g/mol. The largest absolute Gasteiger partial charge is 0.0651 e. The molecular formula is C17H26. The van der Waals surface area contributed by atoms with Crippen LogP contribution in [-0.2, 0) is 11.8 Å². The van der Waals surface area contributed by atoms with Crippen molar-refractivity contribution in [3.05, 3.63) is 35.4 Å². The van der Waals surface area contributed by atoms with Crippen molar-refractivity contribution >= 4 is 0 Å². The minimum absolute atomic E-state index is 0.442. The van der Waals surface area contributed by atoms with E-state index < -0.39 is 0 Å². The molecule has 0 heterocycles. The van der Waals surface area contributed by atoms with Crippen LogP contribution in [0.1, 0.15) is 64.0 Å². The van der Waals surface area contributed by atoms with E-state index in [0.717, 1.165) is 5.92 Å². The van der Waals surface area contributed by atoms with Gasteiger partial charge >= 0.3 is 0 Å². The number of benzene rings is 1. The average Bonchev–Trinajstić information content (AvgIpc) is 2.35. The number of aryl methyl sites for hydroxylation is 1. The van der Waals surface area contributed by atoms with Gasteiger partial charge in [-0.15, -0.1) is 0 Å². The van der Waals surface area contributed by atoms with Crippen molar-refractivity contribution in [3.8, 4) is 0 Å². The summed E-state index contributed by atoms with van der Waals surface area (Å²) in [6.45, 7) is 7.09. The molecule has 17 heavy (non-hydrogen) atoms. The summed E-state index contributed by atoms with van der Waals surface area (Å²) < 4.78 is 0. The molecule has 0 amide bonds.